The second-order valence-electron chi connectivity index (χ2n) is 4.49. The molecule has 0 spiro atoms. The van der Waals surface area contributed by atoms with Crippen LogP contribution in [0.25, 0.3) is 0 Å². The molecule has 0 aromatic heterocycles. The van der Waals surface area contributed by atoms with Crippen LogP contribution in [0.1, 0.15) is 29.6 Å². The van der Waals surface area contributed by atoms with E-state index < -0.39 is 10.9 Å². The van der Waals surface area contributed by atoms with Gasteiger partial charge in [0.15, 0.2) is 0 Å². The summed E-state index contributed by atoms with van der Waals surface area (Å²) in [4.78, 5) is 32.6. The Balaban J connectivity index is 2.20. The van der Waals surface area contributed by atoms with Crippen LogP contribution in [0.4, 0.5) is 11.4 Å². The van der Waals surface area contributed by atoms with Crippen LogP contribution in [-0.4, -0.2) is 21.9 Å². The van der Waals surface area contributed by atoms with E-state index in [4.69, 9.17) is 5.11 Å². The first-order chi connectivity index (χ1) is 8.97. The number of nitro benzene ring substituents is 1. The molecule has 2 N–H and O–H groups in total. The first kappa shape index (κ1) is 13.0. The quantitative estimate of drug-likeness (QED) is 0.624. The van der Waals surface area contributed by atoms with Gasteiger partial charge in [0.2, 0.25) is 5.91 Å². The largest absolute Gasteiger partial charge is 0.478 e. The van der Waals surface area contributed by atoms with Crippen LogP contribution >= 0.6 is 0 Å². The zero-order chi connectivity index (χ0) is 14.0. The molecule has 0 saturated heterocycles. The van der Waals surface area contributed by atoms with Gasteiger partial charge in [0, 0.05) is 18.6 Å². The predicted octanol–water partition coefficient (Wildman–Crippen LogP) is 2.03. The molecule has 1 aliphatic carbocycles. The smallest absolute Gasteiger partial charge is 0.338 e. The fourth-order valence-corrected chi connectivity index (χ4v) is 1.72. The maximum atomic E-state index is 11.6. The average Bonchev–Trinajstić information content (AvgIpc) is 3.12. The summed E-state index contributed by atoms with van der Waals surface area (Å²) in [6, 6.07) is 3.35. The molecule has 1 aromatic carbocycles. The lowest BCUT2D eigenvalue weighted by molar-refractivity contribution is -0.384. The van der Waals surface area contributed by atoms with E-state index >= 15 is 0 Å². The third-order valence-corrected chi connectivity index (χ3v) is 2.89. The van der Waals surface area contributed by atoms with Crippen LogP contribution < -0.4 is 5.32 Å². The number of amides is 1. The molecule has 0 bridgehead atoms. The zero-order valence-electron chi connectivity index (χ0n) is 9.96. The summed E-state index contributed by atoms with van der Waals surface area (Å²) >= 11 is 0. The average molecular weight is 264 g/mol. The maximum absolute atomic E-state index is 11.6. The topological polar surface area (TPSA) is 110 Å². The van der Waals surface area contributed by atoms with Gasteiger partial charge in [-0.3, -0.25) is 14.9 Å². The lowest BCUT2D eigenvalue weighted by atomic mass is 10.1. The lowest BCUT2D eigenvalue weighted by Crippen LogP contribution is -2.15. The van der Waals surface area contributed by atoms with Gasteiger partial charge < -0.3 is 10.4 Å². The number of carboxylic acids is 1. The van der Waals surface area contributed by atoms with Gasteiger partial charge in [-0.1, -0.05) is 0 Å². The molecular formula is C12H12N2O5. The summed E-state index contributed by atoms with van der Waals surface area (Å²) in [5, 5.41) is 22.1. The van der Waals surface area contributed by atoms with E-state index in [1.807, 2.05) is 0 Å². The van der Waals surface area contributed by atoms with Crippen molar-refractivity contribution in [3.8, 4) is 0 Å². The van der Waals surface area contributed by atoms with Crippen LogP contribution in [0.5, 0.6) is 0 Å². The summed E-state index contributed by atoms with van der Waals surface area (Å²) in [7, 11) is 0. The van der Waals surface area contributed by atoms with Crippen molar-refractivity contribution in [1.29, 1.82) is 0 Å². The Hall–Kier alpha value is -2.44. The number of carbonyl (C=O) groups is 2. The lowest BCUT2D eigenvalue weighted by Gasteiger charge is -2.07. The van der Waals surface area contributed by atoms with Gasteiger partial charge in [-0.05, 0) is 24.8 Å². The van der Waals surface area contributed by atoms with Gasteiger partial charge in [-0.2, -0.15) is 0 Å². The number of nitrogens with zero attached hydrogens (tertiary/aromatic N) is 1. The van der Waals surface area contributed by atoms with E-state index in [9.17, 15) is 19.7 Å². The Bertz CT molecular complexity index is 551. The summed E-state index contributed by atoms with van der Waals surface area (Å²) < 4.78 is 0. The molecule has 1 amide bonds. The normalized spacial score (nSPS) is 13.9. The first-order valence-electron chi connectivity index (χ1n) is 5.79. The van der Waals surface area contributed by atoms with Crippen molar-refractivity contribution in [2.45, 2.75) is 19.3 Å². The second-order valence-corrected chi connectivity index (χ2v) is 4.49. The van der Waals surface area contributed by atoms with Crippen molar-refractivity contribution in [1.82, 2.24) is 0 Å². The number of nitro groups is 1. The van der Waals surface area contributed by atoms with Gasteiger partial charge in [-0.25, -0.2) is 4.79 Å². The molecule has 0 heterocycles. The van der Waals surface area contributed by atoms with Crippen LogP contribution in [-0.2, 0) is 4.79 Å². The predicted molar refractivity (Wildman–Crippen MR) is 66.0 cm³/mol. The highest BCUT2D eigenvalue weighted by Gasteiger charge is 2.25. The zero-order valence-corrected chi connectivity index (χ0v) is 9.96. The molecule has 1 aliphatic rings. The highest BCUT2D eigenvalue weighted by Crippen LogP contribution is 2.33. The summed E-state index contributed by atoms with van der Waals surface area (Å²) in [5.41, 5.74) is -0.514. The van der Waals surface area contributed by atoms with Crippen molar-refractivity contribution in [2.24, 2.45) is 5.92 Å². The molecule has 0 radical (unpaired) electrons. The number of benzene rings is 1. The van der Waals surface area contributed by atoms with Crippen molar-refractivity contribution < 1.29 is 19.6 Å². The monoisotopic (exact) mass is 264 g/mol. The highest BCUT2D eigenvalue weighted by molar-refractivity contribution is 6.01. The third kappa shape index (κ3) is 3.27. The number of carboxylic acid groups (broad SMARTS) is 1. The minimum absolute atomic E-state index is 0.0868. The van der Waals surface area contributed by atoms with Gasteiger partial charge in [-0.15, -0.1) is 0 Å². The molecule has 0 aliphatic heterocycles. The minimum Gasteiger partial charge on any atom is -0.478 e. The molecule has 1 fully saturated rings. The van der Waals surface area contributed by atoms with Crippen molar-refractivity contribution >= 4 is 23.3 Å². The molecule has 7 heteroatoms. The van der Waals surface area contributed by atoms with Crippen LogP contribution in [0.15, 0.2) is 18.2 Å². The van der Waals surface area contributed by atoms with E-state index in [0.717, 1.165) is 18.9 Å². The number of anilines is 1. The number of rotatable bonds is 5. The van der Waals surface area contributed by atoms with E-state index in [1.165, 1.54) is 12.1 Å². The Morgan fingerprint density at radius 2 is 2.11 bits per heavy atom. The van der Waals surface area contributed by atoms with Gasteiger partial charge in [0.1, 0.15) is 0 Å². The highest BCUT2D eigenvalue weighted by atomic mass is 16.6. The maximum Gasteiger partial charge on any atom is 0.338 e. The van der Waals surface area contributed by atoms with Gasteiger partial charge >= 0.3 is 5.97 Å². The summed E-state index contributed by atoms with van der Waals surface area (Å²) in [5.74, 6) is -1.20. The number of non-ortho nitro benzene ring substituents is 1. The Morgan fingerprint density at radius 1 is 1.42 bits per heavy atom. The molecule has 0 atom stereocenters. The van der Waals surface area contributed by atoms with Crippen LogP contribution in [0.2, 0.25) is 0 Å². The van der Waals surface area contributed by atoms with E-state index in [1.54, 1.807) is 0 Å². The number of aromatic carboxylic acids is 1. The van der Waals surface area contributed by atoms with Crippen molar-refractivity contribution in [3.63, 3.8) is 0 Å². The minimum atomic E-state index is -1.31. The van der Waals surface area contributed by atoms with Gasteiger partial charge in [0.25, 0.3) is 5.69 Å². The molecule has 19 heavy (non-hydrogen) atoms. The van der Waals surface area contributed by atoms with Crippen LogP contribution in [0, 0.1) is 16.0 Å². The molecule has 100 valence electrons. The fourth-order valence-electron chi connectivity index (χ4n) is 1.72. The van der Waals surface area contributed by atoms with Crippen molar-refractivity contribution in [3.05, 3.63) is 33.9 Å². The fraction of sp³-hybridized carbons (Fsp3) is 0.333. The number of carbonyl (C=O) groups excluding carboxylic acids is 1. The second kappa shape index (κ2) is 5.05. The Kier molecular flexibility index (Phi) is 3.46. The molecule has 7 nitrogen and oxygen atoms in total. The number of hydrogen-bond acceptors (Lipinski definition) is 4. The molecule has 1 aromatic rings. The standard InChI is InChI=1S/C12H12N2O5/c15-11(5-7-1-2-7)13-10-4-3-8(14(18)19)6-9(10)12(16)17/h3-4,6-7H,1-2,5H2,(H,13,15)(H,16,17). The summed E-state index contributed by atoms with van der Waals surface area (Å²) in [6.45, 7) is 0. The number of nitrogens with one attached hydrogen (secondary N) is 1. The molecule has 0 unspecified atom stereocenters. The first-order valence-corrected chi connectivity index (χ1v) is 5.79. The summed E-state index contributed by atoms with van der Waals surface area (Å²) in [6.07, 6.45) is 2.38. The van der Waals surface area contributed by atoms with Crippen molar-refractivity contribution in [2.75, 3.05) is 5.32 Å². The Morgan fingerprint density at radius 3 is 2.63 bits per heavy atom. The molecule has 1 saturated carbocycles. The number of hydrogen-bond donors (Lipinski definition) is 2. The van der Waals surface area contributed by atoms with Crippen LogP contribution in [0.3, 0.4) is 0 Å². The van der Waals surface area contributed by atoms with E-state index in [2.05, 4.69) is 5.32 Å². The SMILES string of the molecule is O=C(CC1CC1)Nc1ccc([N+](=O)[O-])cc1C(=O)O. The van der Waals surface area contributed by atoms with E-state index in [-0.39, 0.29) is 22.8 Å². The molecular weight excluding hydrogens is 252 g/mol. The van der Waals surface area contributed by atoms with E-state index in [0.29, 0.717) is 12.3 Å². The molecule has 2 rings (SSSR count). The van der Waals surface area contributed by atoms with Gasteiger partial charge in [0.05, 0.1) is 16.2 Å². The Labute approximate surface area is 108 Å². The third-order valence-electron chi connectivity index (χ3n) is 2.89.